The highest BCUT2D eigenvalue weighted by atomic mass is 16.5. The smallest absolute Gasteiger partial charge is 0.374 e. The standard InChI is InChI=1S/C24H26N2O5/c1-5-29-24(28)23-15(4)21-18(7-6-8-19(21)31-23)25-26-20(27)11-16-12-30-22-14(3)13(2)9-10-17(16)22/h9-10,12H,5-8,11H2,1-4H3,(H,26,27)/b25-18+. The minimum absolute atomic E-state index is 0.164. The van der Waals surface area contributed by atoms with Crippen LogP contribution in [-0.2, 0) is 22.4 Å². The summed E-state index contributed by atoms with van der Waals surface area (Å²) in [6.45, 7) is 7.89. The van der Waals surface area contributed by atoms with E-state index in [2.05, 4.69) is 10.5 Å². The molecule has 0 saturated carbocycles. The van der Waals surface area contributed by atoms with Crippen molar-refractivity contribution in [3.05, 3.63) is 57.7 Å². The molecule has 0 aliphatic heterocycles. The monoisotopic (exact) mass is 422 g/mol. The van der Waals surface area contributed by atoms with Crippen LogP contribution in [-0.4, -0.2) is 24.2 Å². The summed E-state index contributed by atoms with van der Waals surface area (Å²) in [5, 5.41) is 5.31. The second-order valence-corrected chi connectivity index (χ2v) is 7.84. The molecule has 2 heterocycles. The van der Waals surface area contributed by atoms with Crippen LogP contribution in [0.3, 0.4) is 0 Å². The molecule has 0 unspecified atom stereocenters. The van der Waals surface area contributed by atoms with Gasteiger partial charge in [0.25, 0.3) is 0 Å². The normalized spacial score (nSPS) is 14.6. The summed E-state index contributed by atoms with van der Waals surface area (Å²) in [5.74, 6) is 0.220. The van der Waals surface area contributed by atoms with Crippen molar-refractivity contribution < 1.29 is 23.2 Å². The van der Waals surface area contributed by atoms with Crippen molar-refractivity contribution in [2.24, 2.45) is 5.10 Å². The molecule has 1 aliphatic carbocycles. The van der Waals surface area contributed by atoms with Crippen molar-refractivity contribution in [2.45, 2.75) is 53.4 Å². The van der Waals surface area contributed by atoms with Gasteiger partial charge < -0.3 is 13.6 Å². The van der Waals surface area contributed by atoms with E-state index in [0.717, 1.165) is 51.8 Å². The first kappa shape index (κ1) is 20.9. The average Bonchev–Trinajstić information content (AvgIpc) is 3.31. The number of esters is 1. The van der Waals surface area contributed by atoms with Crippen LogP contribution in [0.15, 0.2) is 32.3 Å². The molecule has 0 spiro atoms. The lowest BCUT2D eigenvalue weighted by Crippen LogP contribution is -2.23. The zero-order valence-corrected chi connectivity index (χ0v) is 18.3. The molecular weight excluding hydrogens is 396 g/mol. The minimum Gasteiger partial charge on any atom is -0.464 e. The predicted octanol–water partition coefficient (Wildman–Crippen LogP) is 4.53. The molecule has 1 aromatic carbocycles. The molecule has 0 radical (unpaired) electrons. The summed E-state index contributed by atoms with van der Waals surface area (Å²) >= 11 is 0. The Morgan fingerprint density at radius 2 is 1.97 bits per heavy atom. The maximum Gasteiger partial charge on any atom is 0.374 e. The summed E-state index contributed by atoms with van der Waals surface area (Å²) in [7, 11) is 0. The molecule has 4 rings (SSSR count). The Balaban J connectivity index is 1.53. The summed E-state index contributed by atoms with van der Waals surface area (Å²) in [4.78, 5) is 24.7. The van der Waals surface area contributed by atoms with Crippen molar-refractivity contribution in [1.82, 2.24) is 5.43 Å². The Morgan fingerprint density at radius 1 is 1.16 bits per heavy atom. The van der Waals surface area contributed by atoms with Gasteiger partial charge in [-0.3, -0.25) is 4.79 Å². The number of hydrogen-bond acceptors (Lipinski definition) is 6. The third-order valence-electron chi connectivity index (χ3n) is 5.79. The predicted molar refractivity (Wildman–Crippen MR) is 116 cm³/mol. The maximum absolute atomic E-state index is 12.6. The maximum atomic E-state index is 12.6. The zero-order chi connectivity index (χ0) is 22.1. The van der Waals surface area contributed by atoms with E-state index in [4.69, 9.17) is 13.6 Å². The Kier molecular flexibility index (Phi) is 5.67. The molecule has 162 valence electrons. The number of rotatable bonds is 5. The lowest BCUT2D eigenvalue weighted by atomic mass is 9.93. The molecule has 0 fully saturated rings. The van der Waals surface area contributed by atoms with Gasteiger partial charge in [0, 0.05) is 28.5 Å². The van der Waals surface area contributed by atoms with Gasteiger partial charge in [0.15, 0.2) is 0 Å². The van der Waals surface area contributed by atoms with E-state index in [-0.39, 0.29) is 24.7 Å². The quantitative estimate of drug-likeness (QED) is 0.482. The Bertz CT molecular complexity index is 1200. The van der Waals surface area contributed by atoms with Gasteiger partial charge >= 0.3 is 5.97 Å². The lowest BCUT2D eigenvalue weighted by Gasteiger charge is -2.13. The highest BCUT2D eigenvalue weighted by molar-refractivity contribution is 6.06. The first-order valence-corrected chi connectivity index (χ1v) is 10.5. The molecule has 1 amide bonds. The minimum atomic E-state index is -0.477. The second-order valence-electron chi connectivity index (χ2n) is 7.84. The number of nitrogens with zero attached hydrogens (tertiary/aromatic N) is 1. The largest absolute Gasteiger partial charge is 0.464 e. The van der Waals surface area contributed by atoms with Crippen LogP contribution < -0.4 is 5.43 Å². The Morgan fingerprint density at radius 3 is 2.74 bits per heavy atom. The number of aryl methyl sites for hydroxylation is 3. The summed E-state index contributed by atoms with van der Waals surface area (Å²) < 4.78 is 16.5. The highest BCUT2D eigenvalue weighted by Crippen LogP contribution is 2.30. The van der Waals surface area contributed by atoms with E-state index in [1.807, 2.05) is 32.9 Å². The third-order valence-corrected chi connectivity index (χ3v) is 5.79. The summed E-state index contributed by atoms with van der Waals surface area (Å²) in [6.07, 6.45) is 4.05. The number of furan rings is 2. The number of hydrogen-bond donors (Lipinski definition) is 1. The number of carbonyl (C=O) groups is 2. The van der Waals surface area contributed by atoms with Crippen LogP contribution in [0, 0.1) is 20.8 Å². The molecule has 7 nitrogen and oxygen atoms in total. The van der Waals surface area contributed by atoms with E-state index >= 15 is 0 Å². The number of benzene rings is 1. The van der Waals surface area contributed by atoms with Crippen LogP contribution in [0.1, 0.15) is 63.9 Å². The fourth-order valence-electron chi connectivity index (χ4n) is 4.04. The molecule has 7 heteroatoms. The number of hydrazone groups is 1. The van der Waals surface area contributed by atoms with Crippen LogP contribution in [0.4, 0.5) is 0 Å². The Hall–Kier alpha value is -3.35. The van der Waals surface area contributed by atoms with Crippen LogP contribution in [0.25, 0.3) is 11.0 Å². The van der Waals surface area contributed by atoms with Crippen LogP contribution >= 0.6 is 0 Å². The van der Waals surface area contributed by atoms with Gasteiger partial charge in [-0.15, -0.1) is 0 Å². The van der Waals surface area contributed by atoms with Crippen molar-refractivity contribution in [3.8, 4) is 0 Å². The van der Waals surface area contributed by atoms with Gasteiger partial charge in [0.1, 0.15) is 11.3 Å². The SMILES string of the molecule is CCOC(=O)c1oc2c(c1C)/C(=N/NC(=O)Cc1coc3c(C)c(C)ccc13)CCC2. The van der Waals surface area contributed by atoms with E-state index in [9.17, 15) is 9.59 Å². The molecule has 3 aromatic rings. The van der Waals surface area contributed by atoms with E-state index in [1.165, 1.54) is 0 Å². The molecule has 0 bridgehead atoms. The first-order chi connectivity index (χ1) is 14.9. The van der Waals surface area contributed by atoms with Gasteiger partial charge in [0.05, 0.1) is 25.0 Å². The first-order valence-electron chi connectivity index (χ1n) is 10.5. The molecule has 0 saturated heterocycles. The van der Waals surface area contributed by atoms with Gasteiger partial charge in [-0.05, 0) is 51.7 Å². The van der Waals surface area contributed by atoms with Gasteiger partial charge in [-0.25, -0.2) is 10.2 Å². The third kappa shape index (κ3) is 3.87. The molecule has 31 heavy (non-hydrogen) atoms. The van der Waals surface area contributed by atoms with E-state index in [1.54, 1.807) is 13.2 Å². The summed E-state index contributed by atoms with van der Waals surface area (Å²) in [5.41, 5.74) is 8.74. The van der Waals surface area contributed by atoms with Crippen molar-refractivity contribution in [2.75, 3.05) is 6.61 Å². The van der Waals surface area contributed by atoms with Crippen molar-refractivity contribution >= 4 is 28.6 Å². The molecule has 0 atom stereocenters. The van der Waals surface area contributed by atoms with Gasteiger partial charge in [0.2, 0.25) is 11.7 Å². The van der Waals surface area contributed by atoms with Crippen molar-refractivity contribution in [3.63, 3.8) is 0 Å². The Labute approximate surface area is 180 Å². The van der Waals surface area contributed by atoms with Gasteiger partial charge in [-0.2, -0.15) is 5.10 Å². The molecule has 1 aliphatic rings. The highest BCUT2D eigenvalue weighted by Gasteiger charge is 2.28. The molecular formula is C24H26N2O5. The van der Waals surface area contributed by atoms with Crippen molar-refractivity contribution in [1.29, 1.82) is 0 Å². The van der Waals surface area contributed by atoms with Crippen LogP contribution in [0.2, 0.25) is 0 Å². The number of amides is 1. The van der Waals surface area contributed by atoms with E-state index < -0.39 is 5.97 Å². The summed E-state index contributed by atoms with van der Waals surface area (Å²) in [6, 6.07) is 4.01. The fraction of sp³-hybridized carbons (Fsp3) is 0.375. The fourth-order valence-corrected chi connectivity index (χ4v) is 4.04. The zero-order valence-electron chi connectivity index (χ0n) is 18.3. The van der Waals surface area contributed by atoms with Crippen LogP contribution in [0.5, 0.6) is 0 Å². The number of ether oxygens (including phenoxy) is 1. The average molecular weight is 422 g/mol. The van der Waals surface area contributed by atoms with E-state index in [0.29, 0.717) is 17.7 Å². The van der Waals surface area contributed by atoms with Gasteiger partial charge in [-0.1, -0.05) is 12.1 Å². The second kappa shape index (κ2) is 8.41. The molecule has 2 aromatic heterocycles. The molecule has 1 N–H and O–H groups in total. The topological polar surface area (TPSA) is 94.0 Å². The lowest BCUT2D eigenvalue weighted by molar-refractivity contribution is -0.120. The number of carbonyl (C=O) groups excluding carboxylic acids is 2. The number of nitrogens with one attached hydrogen (secondary N) is 1. The number of fused-ring (bicyclic) bond motifs is 2.